The molecule has 0 saturated carbocycles. The maximum atomic E-state index is 2.48. The third kappa shape index (κ3) is 2.69. The molecule has 0 N–H and O–H groups in total. The van der Waals surface area contributed by atoms with Crippen LogP contribution in [0.3, 0.4) is 0 Å². The number of imidazole rings is 1. The number of rotatable bonds is 7. The van der Waals surface area contributed by atoms with E-state index >= 15 is 0 Å². The summed E-state index contributed by atoms with van der Waals surface area (Å²) in [6.45, 7) is 10.4. The van der Waals surface area contributed by atoms with Crippen molar-refractivity contribution >= 4 is 6.28 Å². The Morgan fingerprint density at radius 2 is 1.69 bits per heavy atom. The maximum absolute atomic E-state index is 2.48. The van der Waals surface area contributed by atoms with Crippen molar-refractivity contribution in [3.05, 3.63) is 18.7 Å². The third-order valence-electron chi connectivity index (χ3n) is 4.39. The van der Waals surface area contributed by atoms with Crippen LogP contribution in [0.2, 0.25) is 19.0 Å². The van der Waals surface area contributed by atoms with Crippen molar-refractivity contribution in [2.75, 3.05) is 0 Å². The monoisotopic (exact) mass is 222 g/mol. The zero-order valence-corrected chi connectivity index (χ0v) is 11.4. The molecule has 92 valence electrons. The van der Waals surface area contributed by atoms with Gasteiger partial charge in [-0.1, -0.05) is 34.1 Å². The fraction of sp³-hybridized carbons (Fsp3) is 0.769. The zero-order chi connectivity index (χ0) is 12.0. The minimum atomic E-state index is -0.365. The second kappa shape index (κ2) is 6.12. The Hall–Kier alpha value is -0.725. The highest BCUT2D eigenvalue weighted by Crippen LogP contribution is 2.16. The molecule has 1 heterocycles. The van der Waals surface area contributed by atoms with Gasteiger partial charge in [-0.25, -0.2) is 4.57 Å². The number of hydrogen-bond acceptors (Lipinski definition) is 0. The van der Waals surface area contributed by atoms with E-state index in [0.29, 0.717) is 0 Å². The van der Waals surface area contributed by atoms with Gasteiger partial charge in [0.25, 0.3) is 0 Å². The molecule has 0 fully saturated rings. The van der Waals surface area contributed by atoms with Crippen molar-refractivity contribution in [3.8, 4) is 0 Å². The minimum Gasteiger partial charge on any atom is -0.435 e. The molecule has 1 aromatic heterocycles. The first kappa shape index (κ1) is 13.3. The molecule has 0 bridgehead atoms. The Labute approximate surface area is 101 Å². The quantitative estimate of drug-likeness (QED) is 0.625. The largest absolute Gasteiger partial charge is 0.435 e. The van der Waals surface area contributed by atoms with Crippen LogP contribution in [0.25, 0.3) is 0 Å². The van der Waals surface area contributed by atoms with E-state index in [1.165, 1.54) is 31.8 Å². The van der Waals surface area contributed by atoms with E-state index in [-0.39, 0.29) is 6.28 Å². The standard InChI is InChI=1S/C13H27BN2/c1-5-9-10-15-11-12-16(13-15)14(6-2,7-3)8-4/h11-13H,5-10H2,1-4H3. The summed E-state index contributed by atoms with van der Waals surface area (Å²) in [5, 5.41) is 0. The van der Waals surface area contributed by atoms with Gasteiger partial charge < -0.3 is 4.48 Å². The Bertz CT molecular complexity index is 294. The lowest BCUT2D eigenvalue weighted by Crippen LogP contribution is -2.62. The maximum Gasteiger partial charge on any atom is 0.196 e. The van der Waals surface area contributed by atoms with Gasteiger partial charge in [-0.3, -0.25) is 0 Å². The van der Waals surface area contributed by atoms with E-state index < -0.39 is 0 Å². The lowest BCUT2D eigenvalue weighted by Gasteiger charge is -2.32. The van der Waals surface area contributed by atoms with Crippen LogP contribution in [0, 0.1) is 0 Å². The number of nitrogens with zero attached hydrogens (tertiary/aromatic N) is 2. The summed E-state index contributed by atoms with van der Waals surface area (Å²) < 4.78 is 4.82. The SMILES string of the molecule is CCCCn1cc[n+]([B-](CC)(CC)CC)c1. The van der Waals surface area contributed by atoms with E-state index in [0.717, 1.165) is 6.54 Å². The fourth-order valence-corrected chi connectivity index (χ4v) is 2.71. The van der Waals surface area contributed by atoms with Crippen LogP contribution >= 0.6 is 0 Å². The van der Waals surface area contributed by atoms with Crippen LogP contribution in [0.1, 0.15) is 40.5 Å². The molecule has 0 atom stereocenters. The number of unbranched alkanes of at least 4 members (excludes halogenated alkanes) is 1. The highest BCUT2D eigenvalue weighted by Gasteiger charge is 2.26. The zero-order valence-electron chi connectivity index (χ0n) is 11.4. The van der Waals surface area contributed by atoms with Crippen molar-refractivity contribution in [2.24, 2.45) is 0 Å². The van der Waals surface area contributed by atoms with Crippen LogP contribution < -0.4 is 4.48 Å². The topological polar surface area (TPSA) is 8.81 Å². The number of aryl methyl sites for hydroxylation is 1. The molecule has 0 radical (unpaired) electrons. The van der Waals surface area contributed by atoms with E-state index in [4.69, 9.17) is 0 Å². The molecule has 0 aliphatic carbocycles. The van der Waals surface area contributed by atoms with Gasteiger partial charge in [0, 0.05) is 0 Å². The van der Waals surface area contributed by atoms with Crippen molar-refractivity contribution in [1.29, 1.82) is 0 Å². The second-order valence-electron chi connectivity index (χ2n) is 5.09. The van der Waals surface area contributed by atoms with Crippen molar-refractivity contribution in [2.45, 2.75) is 66.0 Å². The average molecular weight is 222 g/mol. The van der Waals surface area contributed by atoms with E-state index in [2.05, 4.69) is 55.5 Å². The molecule has 0 aliphatic heterocycles. The molecule has 0 amide bonds. The first-order chi connectivity index (χ1) is 7.72. The van der Waals surface area contributed by atoms with Gasteiger partial charge in [0.05, 0.1) is 12.7 Å². The third-order valence-corrected chi connectivity index (χ3v) is 4.39. The first-order valence-corrected chi connectivity index (χ1v) is 6.99. The average Bonchev–Trinajstić information content (AvgIpc) is 2.79. The molecule has 0 spiro atoms. The van der Waals surface area contributed by atoms with Gasteiger partial charge in [-0.05, 0) is 6.42 Å². The van der Waals surface area contributed by atoms with E-state index in [1.807, 2.05) is 0 Å². The molecule has 0 aliphatic rings. The van der Waals surface area contributed by atoms with Gasteiger partial charge in [0.1, 0.15) is 6.20 Å². The Kier molecular flexibility index (Phi) is 5.10. The lowest BCUT2D eigenvalue weighted by molar-refractivity contribution is -0.548. The van der Waals surface area contributed by atoms with E-state index in [9.17, 15) is 0 Å². The molecule has 1 aromatic rings. The molecule has 1 rings (SSSR count). The molecule has 0 saturated heterocycles. The Morgan fingerprint density at radius 1 is 1.06 bits per heavy atom. The van der Waals surface area contributed by atoms with Crippen molar-refractivity contribution < 1.29 is 4.48 Å². The van der Waals surface area contributed by atoms with Crippen LogP contribution in [0.5, 0.6) is 0 Å². The molecule has 2 nitrogen and oxygen atoms in total. The van der Waals surface area contributed by atoms with Gasteiger partial charge in [0.2, 0.25) is 0 Å². The summed E-state index contributed by atoms with van der Waals surface area (Å²) in [4.78, 5) is 0. The summed E-state index contributed by atoms with van der Waals surface area (Å²) in [6.07, 6.45) is 12.8. The summed E-state index contributed by atoms with van der Waals surface area (Å²) in [5.41, 5.74) is 0. The molecule has 0 aromatic carbocycles. The second-order valence-corrected chi connectivity index (χ2v) is 5.09. The molecular weight excluding hydrogens is 195 g/mol. The van der Waals surface area contributed by atoms with Gasteiger partial charge in [0.15, 0.2) is 12.6 Å². The Balaban J connectivity index is 2.81. The lowest BCUT2D eigenvalue weighted by atomic mass is 9.30. The number of hydrogen-bond donors (Lipinski definition) is 0. The fourth-order valence-electron chi connectivity index (χ4n) is 2.71. The molecule has 3 heteroatoms. The highest BCUT2D eigenvalue weighted by molar-refractivity contribution is 6.71. The molecule has 16 heavy (non-hydrogen) atoms. The summed E-state index contributed by atoms with van der Waals surface area (Å²) in [5.74, 6) is 0. The highest BCUT2D eigenvalue weighted by atomic mass is 15.1. The molecular formula is C13H27BN2. The van der Waals surface area contributed by atoms with Gasteiger partial charge >= 0.3 is 0 Å². The summed E-state index contributed by atoms with van der Waals surface area (Å²) >= 11 is 0. The van der Waals surface area contributed by atoms with Crippen molar-refractivity contribution in [1.82, 2.24) is 4.57 Å². The summed E-state index contributed by atoms with van der Waals surface area (Å²) in [6, 6.07) is 0. The van der Waals surface area contributed by atoms with Crippen LogP contribution in [-0.4, -0.2) is 10.8 Å². The van der Waals surface area contributed by atoms with Crippen LogP contribution in [0.4, 0.5) is 0 Å². The van der Waals surface area contributed by atoms with E-state index in [1.54, 1.807) is 0 Å². The summed E-state index contributed by atoms with van der Waals surface area (Å²) in [7, 11) is 0. The predicted molar refractivity (Wildman–Crippen MR) is 72.1 cm³/mol. The normalized spacial score (nSPS) is 12.0. The smallest absolute Gasteiger partial charge is 0.196 e. The van der Waals surface area contributed by atoms with Gasteiger partial charge in [-0.2, -0.15) is 0 Å². The van der Waals surface area contributed by atoms with Gasteiger partial charge in [-0.15, -0.1) is 19.0 Å². The minimum absolute atomic E-state index is 0.365. The van der Waals surface area contributed by atoms with Crippen LogP contribution in [0.15, 0.2) is 18.7 Å². The van der Waals surface area contributed by atoms with Crippen LogP contribution in [-0.2, 0) is 6.54 Å². The molecule has 0 unspecified atom stereocenters. The number of aromatic nitrogens is 2. The predicted octanol–water partition coefficient (Wildman–Crippen LogP) is 3.43. The first-order valence-electron chi connectivity index (χ1n) is 6.99. The Morgan fingerprint density at radius 3 is 2.19 bits per heavy atom. The van der Waals surface area contributed by atoms with Crippen molar-refractivity contribution in [3.63, 3.8) is 0 Å².